The zero-order valence-electron chi connectivity index (χ0n) is 20.5. The van der Waals surface area contributed by atoms with Crippen LogP contribution < -0.4 is 10.6 Å². The number of hydrogen-bond donors (Lipinski definition) is 3. The summed E-state index contributed by atoms with van der Waals surface area (Å²) in [5, 5.41) is 15.0. The summed E-state index contributed by atoms with van der Waals surface area (Å²) in [6.07, 6.45) is 3.96. The highest BCUT2D eigenvalue weighted by Gasteiger charge is 2.26. The predicted molar refractivity (Wildman–Crippen MR) is 140 cm³/mol. The van der Waals surface area contributed by atoms with Gasteiger partial charge in [-0.05, 0) is 68.5 Å². The van der Waals surface area contributed by atoms with E-state index in [-0.39, 0.29) is 33.7 Å². The minimum absolute atomic E-state index is 0.0516. The zero-order valence-corrected chi connectivity index (χ0v) is 21.3. The quantitative estimate of drug-likeness (QED) is 0.297. The number of anilines is 1. The van der Waals surface area contributed by atoms with Crippen LogP contribution in [0.15, 0.2) is 65.8 Å². The number of halogens is 2. The van der Waals surface area contributed by atoms with Gasteiger partial charge in [0, 0.05) is 29.2 Å². The molecule has 198 valence electrons. The molecule has 1 aliphatic rings. The van der Waals surface area contributed by atoms with E-state index in [4.69, 9.17) is 5.11 Å². The van der Waals surface area contributed by atoms with Gasteiger partial charge in [0.05, 0.1) is 16.8 Å². The topological polar surface area (TPSA) is 113 Å². The molecule has 8 nitrogen and oxygen atoms in total. The highest BCUT2D eigenvalue weighted by Crippen LogP contribution is 2.35. The molecule has 0 aliphatic heterocycles. The largest absolute Gasteiger partial charge is 0.465 e. The second kappa shape index (κ2) is 10.1. The van der Waals surface area contributed by atoms with Crippen molar-refractivity contribution in [2.45, 2.75) is 49.6 Å². The molecular weight excluding hydrogens is 514 g/mol. The van der Waals surface area contributed by atoms with Crippen molar-refractivity contribution in [3.63, 3.8) is 0 Å². The van der Waals surface area contributed by atoms with Gasteiger partial charge in [0.15, 0.2) is 5.65 Å². The SMILES string of the molecule is Cc1ccc(S(=O)(=O)n2cc(-c3ccc(F)c(N[C@H]4CCC[C@@H](NC(=O)O)C4)c3)c3cc(F)cnc32)cc1. The summed E-state index contributed by atoms with van der Waals surface area (Å²) in [5.41, 5.74) is 1.99. The van der Waals surface area contributed by atoms with Crippen molar-refractivity contribution in [2.75, 3.05) is 5.32 Å². The summed E-state index contributed by atoms with van der Waals surface area (Å²) < 4.78 is 57.1. The average molecular weight is 541 g/mol. The second-order valence-electron chi connectivity index (χ2n) is 9.53. The number of pyridine rings is 1. The third-order valence-corrected chi connectivity index (χ3v) is 8.46. The molecule has 0 saturated heterocycles. The minimum Gasteiger partial charge on any atom is -0.465 e. The van der Waals surface area contributed by atoms with Crippen LogP contribution in [0, 0.1) is 18.6 Å². The Balaban J connectivity index is 1.54. The monoisotopic (exact) mass is 540 g/mol. The van der Waals surface area contributed by atoms with Crippen molar-refractivity contribution in [3.8, 4) is 11.1 Å². The van der Waals surface area contributed by atoms with Gasteiger partial charge in [-0.2, -0.15) is 0 Å². The van der Waals surface area contributed by atoms with Crippen molar-refractivity contribution in [1.82, 2.24) is 14.3 Å². The number of carbonyl (C=O) groups is 1. The van der Waals surface area contributed by atoms with Crippen LogP contribution in [0.25, 0.3) is 22.2 Å². The van der Waals surface area contributed by atoms with Crippen LogP contribution in [0.2, 0.25) is 0 Å². The number of nitrogens with zero attached hydrogens (tertiary/aromatic N) is 2. The first-order valence-electron chi connectivity index (χ1n) is 12.2. The van der Waals surface area contributed by atoms with E-state index in [1.165, 1.54) is 36.5 Å². The molecule has 0 radical (unpaired) electrons. The lowest BCUT2D eigenvalue weighted by Gasteiger charge is -2.30. The molecular formula is C27H26F2N4O4S. The highest BCUT2D eigenvalue weighted by molar-refractivity contribution is 7.90. The van der Waals surface area contributed by atoms with Crippen molar-refractivity contribution in [2.24, 2.45) is 0 Å². The van der Waals surface area contributed by atoms with Gasteiger partial charge in [-0.15, -0.1) is 0 Å². The molecule has 1 fully saturated rings. The summed E-state index contributed by atoms with van der Waals surface area (Å²) in [6, 6.07) is 11.5. The molecule has 0 spiro atoms. The number of hydrogen-bond acceptors (Lipinski definition) is 5. The lowest BCUT2D eigenvalue weighted by Crippen LogP contribution is -2.41. The number of fused-ring (bicyclic) bond motifs is 1. The third-order valence-electron chi connectivity index (χ3n) is 6.80. The first-order valence-corrected chi connectivity index (χ1v) is 13.6. The van der Waals surface area contributed by atoms with E-state index in [1.54, 1.807) is 18.2 Å². The van der Waals surface area contributed by atoms with Gasteiger partial charge in [0.2, 0.25) is 0 Å². The second-order valence-corrected chi connectivity index (χ2v) is 11.3. The van der Waals surface area contributed by atoms with Crippen molar-refractivity contribution in [1.29, 1.82) is 0 Å². The molecule has 0 unspecified atom stereocenters. The first kappa shape index (κ1) is 25.7. The summed E-state index contributed by atoms with van der Waals surface area (Å²) in [6.45, 7) is 1.85. The van der Waals surface area contributed by atoms with Crippen LogP contribution in [0.5, 0.6) is 0 Å². The highest BCUT2D eigenvalue weighted by atomic mass is 32.2. The van der Waals surface area contributed by atoms with Crippen LogP contribution in [-0.4, -0.2) is 40.7 Å². The minimum atomic E-state index is -4.05. The van der Waals surface area contributed by atoms with Gasteiger partial charge in [-0.25, -0.2) is 30.9 Å². The Labute approximate surface area is 218 Å². The van der Waals surface area contributed by atoms with Gasteiger partial charge < -0.3 is 15.7 Å². The van der Waals surface area contributed by atoms with E-state index in [2.05, 4.69) is 15.6 Å². The third kappa shape index (κ3) is 5.06. The standard InChI is InChI=1S/C27H26F2N4O4S/c1-16-5-8-21(9-6-16)38(36,37)33-15-23(22-12-18(28)14-30-26(22)33)17-7-10-24(29)25(11-17)31-19-3-2-4-20(13-19)32-27(34)35/h5-12,14-15,19-20,31-32H,2-4,13H2,1H3,(H,34,35)/t19-,20+/m0/s1. The van der Waals surface area contributed by atoms with Crippen molar-refractivity contribution in [3.05, 3.63) is 78.1 Å². The molecule has 3 N–H and O–H groups in total. The maximum Gasteiger partial charge on any atom is 0.404 e. The summed E-state index contributed by atoms with van der Waals surface area (Å²) in [4.78, 5) is 15.2. The molecule has 1 amide bonds. The van der Waals surface area contributed by atoms with E-state index < -0.39 is 27.8 Å². The molecule has 2 heterocycles. The number of benzene rings is 2. The molecule has 2 atom stereocenters. The number of carboxylic acid groups (broad SMARTS) is 1. The maximum absolute atomic E-state index is 14.8. The average Bonchev–Trinajstić information content (AvgIpc) is 3.25. The summed E-state index contributed by atoms with van der Waals surface area (Å²) in [5.74, 6) is -1.15. The zero-order chi connectivity index (χ0) is 27.0. The Morgan fingerprint density at radius 3 is 2.55 bits per heavy atom. The number of nitrogens with one attached hydrogen (secondary N) is 2. The molecule has 2 aromatic carbocycles. The van der Waals surface area contributed by atoms with Crippen LogP contribution in [-0.2, 0) is 10.0 Å². The van der Waals surface area contributed by atoms with Crippen LogP contribution in [0.1, 0.15) is 31.2 Å². The molecule has 0 bridgehead atoms. The summed E-state index contributed by atoms with van der Waals surface area (Å²) in [7, 11) is -4.05. The van der Waals surface area contributed by atoms with Crippen LogP contribution in [0.4, 0.5) is 19.3 Å². The molecule has 4 aromatic rings. The van der Waals surface area contributed by atoms with Crippen LogP contribution in [0.3, 0.4) is 0 Å². The van der Waals surface area contributed by atoms with E-state index in [0.29, 0.717) is 24.0 Å². The number of aryl methyl sites for hydroxylation is 1. The Bertz CT molecular complexity index is 1620. The Hall–Kier alpha value is -3.99. The van der Waals surface area contributed by atoms with Gasteiger partial charge in [-0.1, -0.05) is 23.8 Å². The number of aromatic nitrogens is 2. The van der Waals surface area contributed by atoms with Crippen molar-refractivity contribution < 1.29 is 27.1 Å². The van der Waals surface area contributed by atoms with Gasteiger partial charge in [0.1, 0.15) is 11.6 Å². The lowest BCUT2D eigenvalue weighted by atomic mass is 9.90. The normalized spacial score (nSPS) is 17.9. The van der Waals surface area contributed by atoms with Crippen molar-refractivity contribution >= 4 is 32.8 Å². The first-order chi connectivity index (χ1) is 18.1. The number of rotatable bonds is 6. The fourth-order valence-corrected chi connectivity index (χ4v) is 6.27. The van der Waals surface area contributed by atoms with Gasteiger partial charge in [0.25, 0.3) is 10.0 Å². The molecule has 2 aromatic heterocycles. The van der Waals surface area contributed by atoms with Gasteiger partial charge in [-0.3, -0.25) is 0 Å². The predicted octanol–water partition coefficient (Wildman–Crippen LogP) is 5.52. The van der Waals surface area contributed by atoms with Gasteiger partial charge >= 0.3 is 6.09 Å². The maximum atomic E-state index is 14.8. The Morgan fingerprint density at radius 2 is 1.82 bits per heavy atom. The van der Waals surface area contributed by atoms with E-state index >= 15 is 0 Å². The molecule has 5 rings (SSSR count). The fourth-order valence-electron chi connectivity index (χ4n) is 4.94. The number of amides is 1. The molecule has 11 heteroatoms. The lowest BCUT2D eigenvalue weighted by molar-refractivity contribution is 0.185. The van der Waals surface area contributed by atoms with Crippen LogP contribution >= 0.6 is 0 Å². The van der Waals surface area contributed by atoms with E-state index in [9.17, 15) is 22.0 Å². The van der Waals surface area contributed by atoms with E-state index in [0.717, 1.165) is 28.6 Å². The molecule has 1 saturated carbocycles. The Morgan fingerprint density at radius 1 is 1.08 bits per heavy atom. The fraction of sp³-hybridized carbons (Fsp3) is 0.259. The molecule has 38 heavy (non-hydrogen) atoms. The summed E-state index contributed by atoms with van der Waals surface area (Å²) >= 11 is 0. The smallest absolute Gasteiger partial charge is 0.404 e. The Kier molecular flexibility index (Phi) is 6.78. The molecule has 1 aliphatic carbocycles. The van der Waals surface area contributed by atoms with E-state index in [1.807, 2.05) is 6.92 Å².